The van der Waals surface area contributed by atoms with Crippen LogP contribution in [0, 0.1) is 5.41 Å². The molecule has 0 radical (unpaired) electrons. The van der Waals surface area contributed by atoms with Gasteiger partial charge in [0.05, 0.1) is 0 Å². The summed E-state index contributed by atoms with van der Waals surface area (Å²) in [5.41, 5.74) is -0.145. The van der Waals surface area contributed by atoms with E-state index in [-0.39, 0.29) is 24.2 Å². The Balaban J connectivity index is 3.86. The van der Waals surface area contributed by atoms with Gasteiger partial charge < -0.3 is 15.5 Å². The number of aliphatic hydroxyl groups is 2. The van der Waals surface area contributed by atoms with Gasteiger partial charge in [-0.2, -0.15) is 0 Å². The normalized spacial score (nSPS) is 13.4. The molecular formula is C10H23NO2. The van der Waals surface area contributed by atoms with Gasteiger partial charge in [-0.1, -0.05) is 13.8 Å². The van der Waals surface area contributed by atoms with Crippen LogP contribution in [0.15, 0.2) is 0 Å². The van der Waals surface area contributed by atoms with Crippen LogP contribution in [-0.2, 0) is 0 Å². The van der Waals surface area contributed by atoms with Crippen molar-refractivity contribution in [1.82, 2.24) is 5.32 Å². The molecule has 0 amide bonds. The van der Waals surface area contributed by atoms with Gasteiger partial charge in [0.1, 0.15) is 0 Å². The topological polar surface area (TPSA) is 52.5 Å². The molecule has 0 aromatic rings. The summed E-state index contributed by atoms with van der Waals surface area (Å²) in [6.45, 7) is 9.25. The van der Waals surface area contributed by atoms with Crippen LogP contribution in [0.4, 0.5) is 0 Å². The van der Waals surface area contributed by atoms with Gasteiger partial charge in [-0.25, -0.2) is 0 Å². The van der Waals surface area contributed by atoms with E-state index in [2.05, 4.69) is 19.2 Å². The summed E-state index contributed by atoms with van der Waals surface area (Å²) in [4.78, 5) is 0. The molecule has 13 heavy (non-hydrogen) atoms. The lowest BCUT2D eigenvalue weighted by atomic mass is 9.92. The van der Waals surface area contributed by atoms with Crippen LogP contribution < -0.4 is 5.32 Å². The third-order valence-corrected chi connectivity index (χ3v) is 2.21. The molecule has 3 nitrogen and oxygen atoms in total. The average Bonchev–Trinajstić information content (AvgIpc) is 2.02. The molecule has 0 fully saturated rings. The van der Waals surface area contributed by atoms with Gasteiger partial charge in [0, 0.05) is 30.7 Å². The van der Waals surface area contributed by atoms with Gasteiger partial charge in [-0.3, -0.25) is 0 Å². The van der Waals surface area contributed by atoms with Crippen molar-refractivity contribution in [1.29, 1.82) is 0 Å². The molecule has 80 valence electrons. The number of nitrogens with one attached hydrogen (secondary N) is 1. The maximum absolute atomic E-state index is 9.03. The van der Waals surface area contributed by atoms with E-state index in [0.29, 0.717) is 0 Å². The minimum absolute atomic E-state index is 0.0544. The molecule has 0 aromatic heterocycles. The number of aliphatic hydroxyl groups excluding tert-OH is 2. The smallest absolute Gasteiger partial charge is 0.0494 e. The van der Waals surface area contributed by atoms with Crippen molar-refractivity contribution in [2.75, 3.05) is 19.8 Å². The Hall–Kier alpha value is -0.120. The monoisotopic (exact) mass is 189 g/mol. The second-order valence-electron chi connectivity index (χ2n) is 5.03. The minimum Gasteiger partial charge on any atom is -0.396 e. The van der Waals surface area contributed by atoms with Crippen LogP contribution in [0.1, 0.15) is 34.1 Å². The van der Waals surface area contributed by atoms with Crippen LogP contribution in [0.25, 0.3) is 0 Å². The van der Waals surface area contributed by atoms with E-state index in [4.69, 9.17) is 10.2 Å². The molecule has 0 aromatic carbocycles. The first-order chi connectivity index (χ1) is 5.83. The van der Waals surface area contributed by atoms with Gasteiger partial charge in [0.2, 0.25) is 0 Å². The molecule has 0 unspecified atom stereocenters. The van der Waals surface area contributed by atoms with E-state index in [1.807, 2.05) is 13.8 Å². The largest absolute Gasteiger partial charge is 0.396 e. The first-order valence-electron chi connectivity index (χ1n) is 4.80. The highest BCUT2D eigenvalue weighted by molar-refractivity contribution is 4.81. The maximum atomic E-state index is 9.03. The van der Waals surface area contributed by atoms with Crippen molar-refractivity contribution in [2.24, 2.45) is 5.41 Å². The van der Waals surface area contributed by atoms with E-state index in [1.165, 1.54) is 0 Å². The Morgan fingerprint density at radius 3 is 2.00 bits per heavy atom. The average molecular weight is 189 g/mol. The summed E-state index contributed by atoms with van der Waals surface area (Å²) in [6, 6.07) is 0. The van der Waals surface area contributed by atoms with Crippen molar-refractivity contribution in [3.05, 3.63) is 0 Å². The lowest BCUT2D eigenvalue weighted by Crippen LogP contribution is -2.45. The lowest BCUT2D eigenvalue weighted by Gasteiger charge is -2.31. The van der Waals surface area contributed by atoms with E-state index in [9.17, 15) is 0 Å². The standard InChI is InChI=1S/C10H23NO2/c1-9(2,8-13)7-11-10(3,4)5-6-12/h11-13H,5-8H2,1-4H3. The van der Waals surface area contributed by atoms with Gasteiger partial charge >= 0.3 is 0 Å². The number of hydrogen-bond donors (Lipinski definition) is 3. The Kier molecular flexibility index (Phi) is 4.89. The molecule has 0 spiro atoms. The predicted molar refractivity (Wildman–Crippen MR) is 54.7 cm³/mol. The van der Waals surface area contributed by atoms with Gasteiger partial charge in [-0.05, 0) is 20.3 Å². The van der Waals surface area contributed by atoms with E-state index >= 15 is 0 Å². The zero-order valence-corrected chi connectivity index (χ0v) is 9.22. The minimum atomic E-state index is -0.0905. The van der Waals surface area contributed by atoms with Gasteiger partial charge in [0.25, 0.3) is 0 Å². The third kappa shape index (κ3) is 6.02. The quantitative estimate of drug-likeness (QED) is 0.578. The van der Waals surface area contributed by atoms with E-state index in [0.717, 1.165) is 13.0 Å². The predicted octanol–water partition coefficient (Wildman–Crippen LogP) is 0.755. The molecule has 0 aliphatic heterocycles. The lowest BCUT2D eigenvalue weighted by molar-refractivity contribution is 0.139. The zero-order chi connectivity index (χ0) is 10.5. The van der Waals surface area contributed by atoms with Crippen molar-refractivity contribution in [2.45, 2.75) is 39.7 Å². The van der Waals surface area contributed by atoms with Crippen LogP contribution >= 0.6 is 0 Å². The molecule has 0 aliphatic carbocycles. The van der Waals surface area contributed by atoms with Crippen molar-refractivity contribution in [3.8, 4) is 0 Å². The Labute approximate surface area is 81.2 Å². The highest BCUT2D eigenvalue weighted by Crippen LogP contribution is 2.15. The van der Waals surface area contributed by atoms with Crippen LogP contribution in [0.3, 0.4) is 0 Å². The third-order valence-electron chi connectivity index (χ3n) is 2.21. The Bertz CT molecular complexity index is 144. The molecule has 0 rings (SSSR count). The molecule has 0 atom stereocenters. The summed E-state index contributed by atoms with van der Waals surface area (Å²) in [5.74, 6) is 0. The van der Waals surface area contributed by atoms with Crippen LogP contribution in [-0.4, -0.2) is 35.5 Å². The molecule has 0 bridgehead atoms. The molecular weight excluding hydrogens is 166 g/mol. The van der Waals surface area contributed by atoms with Crippen LogP contribution in [0.2, 0.25) is 0 Å². The van der Waals surface area contributed by atoms with Crippen molar-refractivity contribution in [3.63, 3.8) is 0 Å². The summed E-state index contributed by atoms with van der Waals surface area (Å²) >= 11 is 0. The summed E-state index contributed by atoms with van der Waals surface area (Å²) in [7, 11) is 0. The summed E-state index contributed by atoms with van der Waals surface area (Å²) < 4.78 is 0. The number of hydrogen-bond acceptors (Lipinski definition) is 3. The SMILES string of the molecule is CC(C)(CO)CNC(C)(C)CCO. The molecule has 0 heterocycles. The fourth-order valence-electron chi connectivity index (χ4n) is 0.902. The van der Waals surface area contributed by atoms with Crippen molar-refractivity contribution >= 4 is 0 Å². The number of rotatable bonds is 6. The molecule has 0 saturated heterocycles. The highest BCUT2D eigenvalue weighted by atomic mass is 16.3. The van der Waals surface area contributed by atoms with E-state index in [1.54, 1.807) is 0 Å². The summed E-state index contributed by atoms with van der Waals surface area (Å²) in [5, 5.41) is 21.2. The second kappa shape index (κ2) is 4.94. The molecule has 0 aliphatic rings. The fourth-order valence-corrected chi connectivity index (χ4v) is 0.902. The van der Waals surface area contributed by atoms with Gasteiger partial charge in [0.15, 0.2) is 0 Å². The van der Waals surface area contributed by atoms with Crippen LogP contribution in [0.5, 0.6) is 0 Å². The molecule has 3 N–H and O–H groups in total. The van der Waals surface area contributed by atoms with Gasteiger partial charge in [-0.15, -0.1) is 0 Å². The molecule has 3 heteroatoms. The Morgan fingerprint density at radius 1 is 1.08 bits per heavy atom. The Morgan fingerprint density at radius 2 is 1.62 bits per heavy atom. The summed E-state index contributed by atoms with van der Waals surface area (Å²) in [6.07, 6.45) is 0.731. The fraction of sp³-hybridized carbons (Fsp3) is 1.00. The maximum Gasteiger partial charge on any atom is 0.0494 e. The second-order valence-corrected chi connectivity index (χ2v) is 5.03. The first kappa shape index (κ1) is 12.9. The highest BCUT2D eigenvalue weighted by Gasteiger charge is 2.22. The zero-order valence-electron chi connectivity index (χ0n) is 9.22. The first-order valence-corrected chi connectivity index (χ1v) is 4.80. The van der Waals surface area contributed by atoms with Crippen molar-refractivity contribution < 1.29 is 10.2 Å². The molecule has 0 saturated carbocycles. The van der Waals surface area contributed by atoms with E-state index < -0.39 is 0 Å².